The number of carboxylic acids is 4. The van der Waals surface area contributed by atoms with Crippen LogP contribution in [0, 0.1) is 79.7 Å². The fourth-order valence-electron chi connectivity index (χ4n) is 7.10. The molecule has 0 bridgehead atoms. The van der Waals surface area contributed by atoms with Crippen molar-refractivity contribution >= 4 is 23.9 Å². The molecule has 0 saturated carbocycles. The molecule has 8 rings (SSSR count). The number of aromatic carboxylic acids is 4. The van der Waals surface area contributed by atoms with E-state index < -0.39 is 23.9 Å². The molecule has 0 aliphatic carbocycles. The van der Waals surface area contributed by atoms with Crippen molar-refractivity contribution in [3.05, 3.63) is 237 Å². The molecule has 0 amide bonds. The zero-order chi connectivity index (χ0) is 49.7. The van der Waals surface area contributed by atoms with E-state index in [9.17, 15) is 19.2 Å². The molecule has 0 atom stereocenters. The second kappa shape index (κ2) is 24.9. The quantitative estimate of drug-likeness (QED) is 0.110. The number of carboxylic acid groups (broad SMARTS) is 4. The number of hydrogen-bond acceptors (Lipinski definition) is 4. The van der Waals surface area contributed by atoms with Crippen molar-refractivity contribution in [3.63, 3.8) is 0 Å². The third-order valence-electron chi connectivity index (χ3n) is 11.0. The molecule has 9 heteroatoms. The summed E-state index contributed by atoms with van der Waals surface area (Å²) in [7, 11) is 0. The molecule has 0 fully saturated rings. The van der Waals surface area contributed by atoms with Gasteiger partial charge in [-0.25, -0.2) is 19.2 Å². The average molecular weight is 1090 g/mol. The first-order valence-electron chi connectivity index (χ1n) is 21.6. The minimum Gasteiger partial charge on any atom is -0.478 e. The van der Waals surface area contributed by atoms with Crippen LogP contribution in [0.1, 0.15) is 85.9 Å². The van der Waals surface area contributed by atoms with Gasteiger partial charge in [-0.1, -0.05) is 104 Å². The molecular weight excluding hydrogens is 1040 g/mol. The fourth-order valence-corrected chi connectivity index (χ4v) is 7.10. The molecule has 69 heavy (non-hydrogen) atoms. The summed E-state index contributed by atoms with van der Waals surface area (Å²) in [6.07, 6.45) is 0. The van der Waals surface area contributed by atoms with E-state index in [-0.39, 0.29) is 19.8 Å². The SMILES string of the molecule is Cc1[c-]cc(C)c(-c2ccc(C(=O)O)cc2)c1.Cc1[c-]cc(C)c(-c2ccc(C(=O)O)cc2)c1.Cc1[c-]cc(C)c(-c2ccc(C(=O)O)cc2)c1.Cc1[c-]cc(C)c(-c2ccc(C(=O)O)cc2)c1.[Os+4]. The summed E-state index contributed by atoms with van der Waals surface area (Å²) in [5, 5.41) is 35.4. The van der Waals surface area contributed by atoms with Crippen LogP contribution in [-0.2, 0) is 19.8 Å². The molecule has 0 heterocycles. The van der Waals surface area contributed by atoms with Crippen molar-refractivity contribution in [3.8, 4) is 44.5 Å². The van der Waals surface area contributed by atoms with Crippen LogP contribution in [-0.4, -0.2) is 44.3 Å². The topological polar surface area (TPSA) is 149 Å². The molecule has 0 radical (unpaired) electrons. The molecular formula is C60H52O8Os. The van der Waals surface area contributed by atoms with Crippen molar-refractivity contribution in [2.24, 2.45) is 0 Å². The third-order valence-corrected chi connectivity index (χ3v) is 11.0. The van der Waals surface area contributed by atoms with Gasteiger partial charge in [-0.2, -0.15) is 117 Å². The first-order chi connectivity index (χ1) is 32.3. The molecule has 4 N–H and O–H groups in total. The Labute approximate surface area is 417 Å². The Hall–Kier alpha value is -7.72. The van der Waals surface area contributed by atoms with Gasteiger partial charge < -0.3 is 20.4 Å². The normalized spacial score (nSPS) is 10.1. The molecule has 0 unspecified atom stereocenters. The number of hydrogen-bond donors (Lipinski definition) is 4. The summed E-state index contributed by atoms with van der Waals surface area (Å²) >= 11 is 0. The maximum absolute atomic E-state index is 10.8. The van der Waals surface area contributed by atoms with Gasteiger partial charge in [-0.3, -0.25) is 0 Å². The van der Waals surface area contributed by atoms with E-state index in [1.165, 1.54) is 0 Å². The van der Waals surface area contributed by atoms with Gasteiger partial charge in [-0.15, -0.1) is 22.3 Å². The van der Waals surface area contributed by atoms with Gasteiger partial charge in [0.25, 0.3) is 0 Å². The molecule has 0 saturated heterocycles. The van der Waals surface area contributed by atoms with Gasteiger partial charge in [0, 0.05) is 0 Å². The summed E-state index contributed by atoms with van der Waals surface area (Å²) in [4.78, 5) is 43.1. The van der Waals surface area contributed by atoms with Gasteiger partial charge in [0.15, 0.2) is 0 Å². The second-order valence-corrected chi connectivity index (χ2v) is 16.4. The van der Waals surface area contributed by atoms with Crippen LogP contribution in [0.25, 0.3) is 44.5 Å². The Bertz CT molecular complexity index is 2640. The molecule has 0 aliphatic heterocycles. The summed E-state index contributed by atoms with van der Waals surface area (Å²) in [5.74, 6) is -3.59. The number of carbonyl (C=O) groups is 4. The summed E-state index contributed by atoms with van der Waals surface area (Å²) < 4.78 is 0. The molecule has 0 spiro atoms. The van der Waals surface area contributed by atoms with Crippen molar-refractivity contribution in [2.75, 3.05) is 0 Å². The van der Waals surface area contributed by atoms with Gasteiger partial charge in [-0.05, 0) is 70.8 Å². The van der Waals surface area contributed by atoms with Gasteiger partial charge in [0.1, 0.15) is 0 Å². The first-order valence-corrected chi connectivity index (χ1v) is 21.6. The van der Waals surface area contributed by atoms with E-state index in [2.05, 4.69) is 48.5 Å². The van der Waals surface area contributed by atoms with Crippen molar-refractivity contribution in [2.45, 2.75) is 55.4 Å². The van der Waals surface area contributed by atoms with Crippen molar-refractivity contribution in [1.82, 2.24) is 0 Å². The smallest absolute Gasteiger partial charge is 0.478 e. The zero-order valence-corrected chi connectivity index (χ0v) is 42.2. The second-order valence-electron chi connectivity index (χ2n) is 16.4. The Morgan fingerprint density at radius 2 is 0.464 bits per heavy atom. The molecule has 8 aromatic carbocycles. The molecule has 0 aromatic heterocycles. The van der Waals surface area contributed by atoms with E-state index in [1.807, 2.05) is 128 Å². The maximum atomic E-state index is 10.8. The predicted molar refractivity (Wildman–Crippen MR) is 269 cm³/mol. The summed E-state index contributed by atoms with van der Waals surface area (Å²) in [5.41, 5.74) is 18.7. The van der Waals surface area contributed by atoms with Crippen LogP contribution in [0.2, 0.25) is 0 Å². The Morgan fingerprint density at radius 3 is 0.609 bits per heavy atom. The van der Waals surface area contributed by atoms with E-state index in [0.717, 1.165) is 89.0 Å². The Kier molecular flexibility index (Phi) is 19.4. The maximum Gasteiger partial charge on any atom is 4.00 e. The van der Waals surface area contributed by atoms with E-state index >= 15 is 0 Å². The molecule has 8 nitrogen and oxygen atoms in total. The van der Waals surface area contributed by atoms with Crippen LogP contribution in [0.4, 0.5) is 0 Å². The van der Waals surface area contributed by atoms with E-state index in [4.69, 9.17) is 20.4 Å². The minimum absolute atomic E-state index is 0. The van der Waals surface area contributed by atoms with E-state index in [0.29, 0.717) is 22.3 Å². The van der Waals surface area contributed by atoms with Gasteiger partial charge in [0.05, 0.1) is 22.3 Å². The number of aryl methyl sites for hydroxylation is 8. The monoisotopic (exact) mass is 1090 g/mol. The Balaban J connectivity index is 0.000000199. The van der Waals surface area contributed by atoms with E-state index in [1.54, 1.807) is 48.5 Å². The molecule has 0 aliphatic rings. The fraction of sp³-hybridized carbons (Fsp3) is 0.133. The molecule has 348 valence electrons. The molecule has 8 aromatic rings. The number of benzene rings is 8. The minimum atomic E-state index is -0.897. The van der Waals surface area contributed by atoms with Gasteiger partial charge in [0.2, 0.25) is 0 Å². The number of rotatable bonds is 8. The Morgan fingerprint density at radius 1 is 0.304 bits per heavy atom. The van der Waals surface area contributed by atoms with Crippen molar-refractivity contribution in [1.29, 1.82) is 0 Å². The van der Waals surface area contributed by atoms with Crippen LogP contribution < -0.4 is 0 Å². The summed E-state index contributed by atoms with van der Waals surface area (Å²) in [6, 6.07) is 56.4. The predicted octanol–water partition coefficient (Wildman–Crippen LogP) is 13.9. The van der Waals surface area contributed by atoms with Crippen molar-refractivity contribution < 1.29 is 59.4 Å². The van der Waals surface area contributed by atoms with Crippen LogP contribution >= 0.6 is 0 Å². The first kappa shape index (κ1) is 53.9. The van der Waals surface area contributed by atoms with Gasteiger partial charge >= 0.3 is 43.7 Å². The standard InChI is InChI=1S/4C15H13O2.Os/c4*1-10-3-4-11(2)14(9-10)12-5-7-13(8-6-12)15(16)17;/h4*4-9H,1-2H3,(H,16,17);/q4*-1;+4. The average Bonchev–Trinajstić information content (AvgIpc) is 3.33. The van der Waals surface area contributed by atoms with Crippen LogP contribution in [0.3, 0.4) is 0 Å². The third kappa shape index (κ3) is 15.1. The van der Waals surface area contributed by atoms with Crippen LogP contribution in [0.5, 0.6) is 0 Å². The largest absolute Gasteiger partial charge is 4.00 e. The van der Waals surface area contributed by atoms with Crippen LogP contribution in [0.15, 0.2) is 146 Å². The zero-order valence-electron chi connectivity index (χ0n) is 39.6. The summed E-state index contributed by atoms with van der Waals surface area (Å²) in [6.45, 7) is 16.1.